The quantitative estimate of drug-likeness (QED) is 0.386. The van der Waals surface area contributed by atoms with Crippen LogP contribution in [0.1, 0.15) is 55.2 Å². The number of guanidine groups is 1. The van der Waals surface area contributed by atoms with Crippen LogP contribution >= 0.6 is 24.0 Å². The summed E-state index contributed by atoms with van der Waals surface area (Å²) in [6.45, 7) is 2.51. The van der Waals surface area contributed by atoms with Crippen LogP contribution in [-0.2, 0) is 6.54 Å². The molecule has 2 aromatic rings. The van der Waals surface area contributed by atoms with Crippen LogP contribution in [0.15, 0.2) is 41.5 Å². The van der Waals surface area contributed by atoms with E-state index in [4.69, 9.17) is 4.74 Å². The van der Waals surface area contributed by atoms with Gasteiger partial charge >= 0.3 is 0 Å². The Labute approximate surface area is 183 Å². The van der Waals surface area contributed by atoms with Gasteiger partial charge in [0.1, 0.15) is 17.2 Å². The van der Waals surface area contributed by atoms with Crippen molar-refractivity contribution in [3.05, 3.63) is 53.6 Å². The molecule has 1 atom stereocenters. The molecule has 2 aliphatic rings. The second-order valence-electron chi connectivity index (χ2n) is 7.45. The first-order valence-corrected chi connectivity index (χ1v) is 9.71. The maximum absolute atomic E-state index is 6.45. The molecule has 7 heteroatoms. The Balaban J connectivity index is 0.00000225. The molecule has 1 aromatic heterocycles. The van der Waals surface area contributed by atoms with E-state index in [1.807, 2.05) is 19.1 Å². The molecule has 2 N–H and O–H groups in total. The smallest absolute Gasteiger partial charge is 0.191 e. The van der Waals surface area contributed by atoms with Crippen LogP contribution in [-0.4, -0.2) is 28.6 Å². The molecule has 1 fully saturated rings. The number of aryl methyl sites for hydroxylation is 1. The van der Waals surface area contributed by atoms with E-state index < -0.39 is 0 Å². The SMILES string of the molecule is CN=C(NCc1ccnc(C)n1)NC1CC2(CCCC2)Oc2ccccc21.I. The van der Waals surface area contributed by atoms with Crippen molar-refractivity contribution in [2.75, 3.05) is 7.05 Å². The van der Waals surface area contributed by atoms with Crippen molar-refractivity contribution in [2.24, 2.45) is 4.99 Å². The molecule has 0 radical (unpaired) electrons. The average Bonchev–Trinajstić information content (AvgIpc) is 3.12. The fourth-order valence-corrected chi connectivity index (χ4v) is 4.21. The van der Waals surface area contributed by atoms with Gasteiger partial charge in [-0.25, -0.2) is 9.97 Å². The number of rotatable bonds is 3. The molecular formula is C21H28IN5O. The van der Waals surface area contributed by atoms with E-state index in [0.29, 0.717) is 6.54 Å². The van der Waals surface area contributed by atoms with E-state index in [2.05, 4.69) is 43.8 Å². The van der Waals surface area contributed by atoms with Gasteiger partial charge in [0.05, 0.1) is 18.3 Å². The lowest BCUT2D eigenvalue weighted by molar-refractivity contribution is 0.0396. The van der Waals surface area contributed by atoms with Gasteiger partial charge in [0.15, 0.2) is 5.96 Å². The lowest BCUT2D eigenvalue weighted by atomic mass is 9.86. The highest BCUT2D eigenvalue weighted by Crippen LogP contribution is 2.46. The normalized spacial score (nSPS) is 20.1. The molecule has 1 aliphatic heterocycles. The van der Waals surface area contributed by atoms with Crippen molar-refractivity contribution in [1.82, 2.24) is 20.6 Å². The van der Waals surface area contributed by atoms with Gasteiger partial charge in [0.25, 0.3) is 0 Å². The van der Waals surface area contributed by atoms with Gasteiger partial charge in [0, 0.05) is 25.2 Å². The lowest BCUT2D eigenvalue weighted by Gasteiger charge is -2.40. The minimum Gasteiger partial charge on any atom is -0.487 e. The number of halogens is 1. The third-order valence-electron chi connectivity index (χ3n) is 5.52. The number of hydrogen-bond donors (Lipinski definition) is 2. The van der Waals surface area contributed by atoms with Crippen LogP contribution < -0.4 is 15.4 Å². The van der Waals surface area contributed by atoms with Crippen molar-refractivity contribution < 1.29 is 4.74 Å². The first-order chi connectivity index (χ1) is 13.2. The Hall–Kier alpha value is -1.90. The summed E-state index contributed by atoms with van der Waals surface area (Å²) in [5, 5.41) is 6.99. The monoisotopic (exact) mass is 493 g/mol. The average molecular weight is 493 g/mol. The van der Waals surface area contributed by atoms with E-state index >= 15 is 0 Å². The van der Waals surface area contributed by atoms with Crippen LogP contribution in [0.4, 0.5) is 0 Å². The van der Waals surface area contributed by atoms with Crippen LogP contribution in [0.25, 0.3) is 0 Å². The number of fused-ring (bicyclic) bond motifs is 1. The maximum Gasteiger partial charge on any atom is 0.191 e. The highest BCUT2D eigenvalue weighted by Gasteiger charge is 2.43. The van der Waals surface area contributed by atoms with Crippen molar-refractivity contribution in [2.45, 2.75) is 57.2 Å². The van der Waals surface area contributed by atoms with Crippen molar-refractivity contribution in [1.29, 1.82) is 0 Å². The van der Waals surface area contributed by atoms with E-state index in [1.165, 1.54) is 18.4 Å². The standard InChI is InChI=1S/C21H27N5O.HI/c1-15-23-12-9-16(25-15)14-24-20(22-2)26-18-13-21(10-5-6-11-21)27-19-8-4-3-7-17(18)19;/h3-4,7-9,12,18H,5-6,10-11,13-14H2,1-2H3,(H2,22,24,26);1H. The number of nitrogens with zero attached hydrogens (tertiary/aromatic N) is 3. The molecule has 0 bridgehead atoms. The van der Waals surface area contributed by atoms with Gasteiger partial charge in [-0.3, -0.25) is 4.99 Å². The van der Waals surface area contributed by atoms with Crippen LogP contribution in [0.2, 0.25) is 0 Å². The molecule has 1 saturated carbocycles. The van der Waals surface area contributed by atoms with Gasteiger partial charge in [-0.15, -0.1) is 24.0 Å². The maximum atomic E-state index is 6.45. The van der Waals surface area contributed by atoms with E-state index in [0.717, 1.165) is 42.5 Å². The Morgan fingerprint density at radius 3 is 2.79 bits per heavy atom. The molecule has 1 unspecified atom stereocenters. The minimum atomic E-state index is -0.0331. The van der Waals surface area contributed by atoms with E-state index in [1.54, 1.807) is 13.2 Å². The summed E-state index contributed by atoms with van der Waals surface area (Å²) in [5.41, 5.74) is 2.12. The minimum absolute atomic E-state index is 0. The molecule has 28 heavy (non-hydrogen) atoms. The Kier molecular flexibility index (Phi) is 6.74. The van der Waals surface area contributed by atoms with Crippen LogP contribution in [0, 0.1) is 6.92 Å². The van der Waals surface area contributed by atoms with Gasteiger partial charge in [-0.1, -0.05) is 18.2 Å². The molecule has 150 valence electrons. The van der Waals surface area contributed by atoms with E-state index in [9.17, 15) is 0 Å². The molecule has 0 saturated heterocycles. The molecular weight excluding hydrogens is 465 g/mol. The zero-order chi connectivity index (χ0) is 18.7. The summed E-state index contributed by atoms with van der Waals surface area (Å²) in [5.74, 6) is 2.56. The van der Waals surface area contributed by atoms with Crippen LogP contribution in [0.5, 0.6) is 5.75 Å². The summed E-state index contributed by atoms with van der Waals surface area (Å²) in [7, 11) is 1.80. The molecule has 4 rings (SSSR count). The first kappa shape index (κ1) is 20.8. The number of aromatic nitrogens is 2. The highest BCUT2D eigenvalue weighted by atomic mass is 127. The molecule has 1 spiro atoms. The molecule has 2 heterocycles. The summed E-state index contributed by atoms with van der Waals surface area (Å²) >= 11 is 0. The fourth-order valence-electron chi connectivity index (χ4n) is 4.21. The number of ether oxygens (including phenoxy) is 1. The second-order valence-corrected chi connectivity index (χ2v) is 7.45. The van der Waals surface area contributed by atoms with E-state index in [-0.39, 0.29) is 35.6 Å². The first-order valence-electron chi connectivity index (χ1n) is 9.71. The topological polar surface area (TPSA) is 71.4 Å². The van der Waals surface area contributed by atoms with Crippen molar-refractivity contribution >= 4 is 29.9 Å². The van der Waals surface area contributed by atoms with Crippen molar-refractivity contribution in [3.63, 3.8) is 0 Å². The summed E-state index contributed by atoms with van der Waals surface area (Å²) in [4.78, 5) is 13.0. The van der Waals surface area contributed by atoms with Gasteiger partial charge in [-0.05, 0) is 44.7 Å². The fraction of sp³-hybridized carbons (Fsp3) is 0.476. The lowest BCUT2D eigenvalue weighted by Crippen LogP contribution is -2.46. The van der Waals surface area contributed by atoms with Gasteiger partial charge in [0.2, 0.25) is 0 Å². The third-order valence-corrected chi connectivity index (χ3v) is 5.52. The molecule has 6 nitrogen and oxygen atoms in total. The largest absolute Gasteiger partial charge is 0.487 e. The number of nitrogens with one attached hydrogen (secondary N) is 2. The Bertz CT molecular complexity index is 835. The Morgan fingerprint density at radius 1 is 1.25 bits per heavy atom. The number of aliphatic imine (C=N–C) groups is 1. The molecule has 0 amide bonds. The molecule has 1 aromatic carbocycles. The number of hydrogen-bond acceptors (Lipinski definition) is 4. The Morgan fingerprint density at radius 2 is 2.04 bits per heavy atom. The summed E-state index contributed by atoms with van der Waals surface area (Å²) < 4.78 is 6.45. The number of benzene rings is 1. The van der Waals surface area contributed by atoms with Crippen LogP contribution in [0.3, 0.4) is 0 Å². The summed E-state index contributed by atoms with van der Waals surface area (Å²) in [6, 6.07) is 10.5. The molecule has 1 aliphatic carbocycles. The number of para-hydroxylation sites is 1. The highest BCUT2D eigenvalue weighted by molar-refractivity contribution is 14.0. The van der Waals surface area contributed by atoms with Gasteiger partial charge < -0.3 is 15.4 Å². The zero-order valence-corrected chi connectivity index (χ0v) is 18.8. The second kappa shape index (κ2) is 9.07. The summed E-state index contributed by atoms with van der Waals surface area (Å²) in [6.07, 6.45) is 7.51. The van der Waals surface area contributed by atoms with Gasteiger partial charge in [-0.2, -0.15) is 0 Å². The predicted molar refractivity (Wildman–Crippen MR) is 121 cm³/mol. The van der Waals surface area contributed by atoms with Crippen molar-refractivity contribution in [3.8, 4) is 5.75 Å². The zero-order valence-electron chi connectivity index (χ0n) is 16.4. The predicted octanol–water partition coefficient (Wildman–Crippen LogP) is 3.90. The third kappa shape index (κ3) is 4.56.